The number of carboxylic acids is 1. The van der Waals surface area contributed by atoms with E-state index in [1.165, 1.54) is 10.9 Å². The number of hydrogen-bond acceptors (Lipinski definition) is 4. The van der Waals surface area contributed by atoms with Crippen LogP contribution in [-0.2, 0) is 11.3 Å². The molecule has 7 nitrogen and oxygen atoms in total. The zero-order chi connectivity index (χ0) is 12.4. The summed E-state index contributed by atoms with van der Waals surface area (Å²) < 4.78 is 1.52. The Balaban J connectivity index is 2.02. The Bertz CT molecular complexity index is 439. The number of carboxylic acid groups (broad SMARTS) is 1. The molecule has 0 bridgehead atoms. The second kappa shape index (κ2) is 4.52. The van der Waals surface area contributed by atoms with Crippen LogP contribution in [0.2, 0.25) is 0 Å². The van der Waals surface area contributed by atoms with E-state index in [2.05, 4.69) is 15.6 Å². The van der Waals surface area contributed by atoms with Gasteiger partial charge >= 0.3 is 5.97 Å². The van der Waals surface area contributed by atoms with Gasteiger partial charge in [0.25, 0.3) is 5.91 Å². The molecule has 2 rings (SSSR count). The highest BCUT2D eigenvalue weighted by atomic mass is 16.4. The first kappa shape index (κ1) is 11.6. The number of aliphatic carboxylic acids is 1. The maximum absolute atomic E-state index is 11.7. The first-order chi connectivity index (χ1) is 8.11. The van der Waals surface area contributed by atoms with Gasteiger partial charge in [-0.3, -0.25) is 9.48 Å². The standard InChI is InChI=1S/C10H14N4O3/c1-2-14-5-7(12-13-14)9(15)11-8(10(16)17)6-3-4-6/h5-6,8H,2-4H2,1H3,(H,11,15)(H,16,17). The Kier molecular flexibility index (Phi) is 3.08. The number of aryl methyl sites for hydroxylation is 1. The minimum Gasteiger partial charge on any atom is -0.480 e. The summed E-state index contributed by atoms with van der Waals surface area (Å²) in [5.74, 6) is -1.43. The van der Waals surface area contributed by atoms with Crippen molar-refractivity contribution in [2.75, 3.05) is 0 Å². The molecule has 0 aromatic carbocycles. The summed E-state index contributed by atoms with van der Waals surface area (Å²) in [5, 5.41) is 18.9. The fourth-order valence-corrected chi connectivity index (χ4v) is 1.58. The van der Waals surface area contributed by atoms with E-state index >= 15 is 0 Å². The fourth-order valence-electron chi connectivity index (χ4n) is 1.58. The lowest BCUT2D eigenvalue weighted by atomic mass is 10.2. The molecule has 0 spiro atoms. The van der Waals surface area contributed by atoms with Gasteiger partial charge in [-0.05, 0) is 25.7 Å². The highest BCUT2D eigenvalue weighted by molar-refractivity contribution is 5.94. The molecule has 2 N–H and O–H groups in total. The lowest BCUT2D eigenvalue weighted by Crippen LogP contribution is -2.42. The van der Waals surface area contributed by atoms with Crippen LogP contribution in [-0.4, -0.2) is 38.0 Å². The van der Waals surface area contributed by atoms with Crippen molar-refractivity contribution in [3.8, 4) is 0 Å². The van der Waals surface area contributed by atoms with Crippen molar-refractivity contribution >= 4 is 11.9 Å². The van der Waals surface area contributed by atoms with Gasteiger partial charge in [-0.1, -0.05) is 5.21 Å². The molecule has 1 fully saturated rings. The fraction of sp³-hybridized carbons (Fsp3) is 0.600. The summed E-state index contributed by atoms with van der Waals surface area (Å²) in [5.41, 5.74) is 0.152. The van der Waals surface area contributed by atoms with Gasteiger partial charge in [0.05, 0.1) is 6.20 Å². The van der Waals surface area contributed by atoms with Crippen molar-refractivity contribution in [1.29, 1.82) is 0 Å². The molecule has 1 unspecified atom stereocenters. The molecule has 1 aromatic rings. The third kappa shape index (κ3) is 2.61. The lowest BCUT2D eigenvalue weighted by Gasteiger charge is -2.11. The van der Waals surface area contributed by atoms with E-state index < -0.39 is 17.9 Å². The Labute approximate surface area is 97.8 Å². The SMILES string of the molecule is CCn1cc(C(=O)NC(C(=O)O)C2CC2)nn1. The van der Waals surface area contributed by atoms with Gasteiger partial charge in [0.15, 0.2) is 5.69 Å². The second-order valence-corrected chi connectivity index (χ2v) is 4.09. The van der Waals surface area contributed by atoms with Crippen LogP contribution < -0.4 is 5.32 Å². The number of aromatic nitrogens is 3. The van der Waals surface area contributed by atoms with E-state index in [0.717, 1.165) is 12.8 Å². The number of hydrogen-bond donors (Lipinski definition) is 2. The Morgan fingerprint density at radius 1 is 1.65 bits per heavy atom. The predicted octanol–water partition coefficient (Wildman–Crippen LogP) is -0.109. The molecular formula is C10H14N4O3. The average Bonchev–Trinajstić information content (AvgIpc) is 3.01. The van der Waals surface area contributed by atoms with Crippen molar-refractivity contribution < 1.29 is 14.7 Å². The third-order valence-corrected chi connectivity index (χ3v) is 2.74. The van der Waals surface area contributed by atoms with Crippen LogP contribution in [0, 0.1) is 5.92 Å². The Morgan fingerprint density at radius 2 is 2.35 bits per heavy atom. The number of carbonyl (C=O) groups excluding carboxylic acids is 1. The van der Waals surface area contributed by atoms with E-state index in [-0.39, 0.29) is 11.6 Å². The van der Waals surface area contributed by atoms with Crippen LogP contribution in [0.4, 0.5) is 0 Å². The summed E-state index contributed by atoms with van der Waals surface area (Å²) in [6.07, 6.45) is 3.19. The molecule has 1 aromatic heterocycles. The maximum atomic E-state index is 11.7. The second-order valence-electron chi connectivity index (χ2n) is 4.09. The molecule has 17 heavy (non-hydrogen) atoms. The van der Waals surface area contributed by atoms with Crippen molar-refractivity contribution in [3.05, 3.63) is 11.9 Å². The predicted molar refractivity (Wildman–Crippen MR) is 57.3 cm³/mol. The number of carbonyl (C=O) groups is 2. The summed E-state index contributed by atoms with van der Waals surface area (Å²) in [6, 6.07) is -0.811. The highest BCUT2D eigenvalue weighted by Gasteiger charge is 2.37. The van der Waals surface area contributed by atoms with E-state index in [1.54, 1.807) is 0 Å². The monoisotopic (exact) mass is 238 g/mol. The van der Waals surface area contributed by atoms with Gasteiger partial charge in [-0.25, -0.2) is 4.79 Å². The van der Waals surface area contributed by atoms with E-state index in [1.807, 2.05) is 6.92 Å². The van der Waals surface area contributed by atoms with Crippen LogP contribution in [0.5, 0.6) is 0 Å². The Morgan fingerprint density at radius 3 is 2.82 bits per heavy atom. The third-order valence-electron chi connectivity index (χ3n) is 2.74. The summed E-state index contributed by atoms with van der Waals surface area (Å²) >= 11 is 0. The average molecular weight is 238 g/mol. The molecule has 1 amide bonds. The Hall–Kier alpha value is -1.92. The van der Waals surface area contributed by atoms with Crippen LogP contribution in [0.1, 0.15) is 30.3 Å². The zero-order valence-electron chi connectivity index (χ0n) is 9.46. The molecule has 1 atom stereocenters. The molecular weight excluding hydrogens is 224 g/mol. The number of nitrogens with one attached hydrogen (secondary N) is 1. The molecule has 7 heteroatoms. The van der Waals surface area contributed by atoms with Crippen LogP contribution in [0.15, 0.2) is 6.20 Å². The molecule has 92 valence electrons. The van der Waals surface area contributed by atoms with Crippen LogP contribution >= 0.6 is 0 Å². The van der Waals surface area contributed by atoms with E-state index in [0.29, 0.717) is 6.54 Å². The van der Waals surface area contributed by atoms with Crippen LogP contribution in [0.25, 0.3) is 0 Å². The molecule has 0 aliphatic heterocycles. The van der Waals surface area contributed by atoms with Crippen molar-refractivity contribution in [1.82, 2.24) is 20.3 Å². The summed E-state index contributed by atoms with van der Waals surface area (Å²) in [7, 11) is 0. The minimum absolute atomic E-state index is 0.0534. The van der Waals surface area contributed by atoms with Gasteiger partial charge in [-0.2, -0.15) is 0 Å². The van der Waals surface area contributed by atoms with Gasteiger partial charge in [0.2, 0.25) is 0 Å². The zero-order valence-corrected chi connectivity index (χ0v) is 9.46. The van der Waals surface area contributed by atoms with Gasteiger partial charge < -0.3 is 10.4 Å². The molecule has 0 radical (unpaired) electrons. The van der Waals surface area contributed by atoms with E-state index in [4.69, 9.17) is 5.11 Å². The number of rotatable bonds is 5. The minimum atomic E-state index is -0.997. The summed E-state index contributed by atoms with van der Waals surface area (Å²) in [4.78, 5) is 22.7. The van der Waals surface area contributed by atoms with Gasteiger partial charge in [0, 0.05) is 6.54 Å². The molecule has 0 saturated heterocycles. The molecule has 1 aliphatic rings. The van der Waals surface area contributed by atoms with Gasteiger partial charge in [-0.15, -0.1) is 5.10 Å². The maximum Gasteiger partial charge on any atom is 0.326 e. The smallest absolute Gasteiger partial charge is 0.326 e. The van der Waals surface area contributed by atoms with Crippen molar-refractivity contribution in [2.24, 2.45) is 5.92 Å². The topological polar surface area (TPSA) is 97.1 Å². The largest absolute Gasteiger partial charge is 0.480 e. The molecule has 1 saturated carbocycles. The van der Waals surface area contributed by atoms with Crippen LogP contribution in [0.3, 0.4) is 0 Å². The summed E-state index contributed by atoms with van der Waals surface area (Å²) in [6.45, 7) is 2.49. The first-order valence-electron chi connectivity index (χ1n) is 5.55. The molecule has 1 heterocycles. The quantitative estimate of drug-likeness (QED) is 0.746. The van der Waals surface area contributed by atoms with Crippen molar-refractivity contribution in [3.63, 3.8) is 0 Å². The number of nitrogens with zero attached hydrogens (tertiary/aromatic N) is 3. The van der Waals surface area contributed by atoms with E-state index in [9.17, 15) is 9.59 Å². The molecule has 1 aliphatic carbocycles. The van der Waals surface area contributed by atoms with Gasteiger partial charge in [0.1, 0.15) is 6.04 Å². The normalized spacial score (nSPS) is 16.5. The highest BCUT2D eigenvalue weighted by Crippen LogP contribution is 2.32. The first-order valence-corrected chi connectivity index (χ1v) is 5.55. The lowest BCUT2D eigenvalue weighted by molar-refractivity contribution is -0.139. The van der Waals surface area contributed by atoms with Crippen molar-refractivity contribution in [2.45, 2.75) is 32.4 Å². The number of amides is 1.